The van der Waals surface area contributed by atoms with E-state index in [1.165, 1.54) is 6.07 Å². The molecule has 0 aliphatic carbocycles. The molecule has 3 rings (SSSR count). The Morgan fingerprint density at radius 2 is 1.97 bits per heavy atom. The van der Waals surface area contributed by atoms with E-state index < -0.39 is 28.6 Å². The van der Waals surface area contributed by atoms with Crippen LogP contribution in [0.2, 0.25) is 0 Å². The van der Waals surface area contributed by atoms with E-state index in [0.717, 1.165) is 36.2 Å². The highest BCUT2D eigenvalue weighted by atomic mass is 32.1. The fourth-order valence-corrected chi connectivity index (χ4v) is 3.64. The Bertz CT molecular complexity index is 1200. The Hall–Kier alpha value is -3.14. The average molecular weight is 479 g/mol. The monoisotopic (exact) mass is 478 g/mol. The van der Waals surface area contributed by atoms with Crippen molar-refractivity contribution in [2.24, 2.45) is 0 Å². The van der Waals surface area contributed by atoms with Crippen LogP contribution in [-0.4, -0.2) is 28.4 Å². The van der Waals surface area contributed by atoms with Crippen molar-refractivity contribution in [2.45, 2.75) is 52.6 Å². The van der Waals surface area contributed by atoms with Gasteiger partial charge in [-0.1, -0.05) is 30.7 Å². The summed E-state index contributed by atoms with van der Waals surface area (Å²) in [4.78, 5) is 25.7. The number of nitrogens with zero attached hydrogens (tertiary/aromatic N) is 2. The summed E-state index contributed by atoms with van der Waals surface area (Å²) in [6.45, 7) is 7.26. The van der Waals surface area contributed by atoms with E-state index >= 15 is 0 Å². The number of halogens is 2. The number of esters is 1. The molecule has 1 aromatic carbocycles. The second kappa shape index (κ2) is 10.2. The van der Waals surface area contributed by atoms with Crippen molar-refractivity contribution in [1.29, 1.82) is 0 Å². The van der Waals surface area contributed by atoms with Crippen molar-refractivity contribution in [3.63, 3.8) is 0 Å². The molecule has 10 heteroatoms. The van der Waals surface area contributed by atoms with Crippen molar-refractivity contribution < 1.29 is 27.5 Å². The topological polar surface area (TPSA) is 91.5 Å². The van der Waals surface area contributed by atoms with Crippen molar-refractivity contribution >= 4 is 17.3 Å². The molecule has 0 radical (unpaired) electrons. The zero-order valence-corrected chi connectivity index (χ0v) is 19.6. The largest absolute Gasteiger partial charge is 0.486 e. The highest BCUT2D eigenvalue weighted by molar-refractivity contribution is 7.14. The van der Waals surface area contributed by atoms with Gasteiger partial charge >= 0.3 is 5.97 Å². The van der Waals surface area contributed by atoms with Crippen LogP contribution < -0.4 is 10.2 Å². The van der Waals surface area contributed by atoms with Crippen LogP contribution in [0, 0.1) is 11.6 Å². The minimum atomic E-state index is -0.817. The molecule has 0 bridgehead atoms. The van der Waals surface area contributed by atoms with E-state index in [0.29, 0.717) is 11.4 Å². The van der Waals surface area contributed by atoms with Crippen LogP contribution in [0.25, 0.3) is 10.6 Å². The molecule has 7 nitrogen and oxygen atoms in total. The summed E-state index contributed by atoms with van der Waals surface area (Å²) >= 11 is 1.05. The summed E-state index contributed by atoms with van der Waals surface area (Å²) in [5.41, 5.74) is -1.08. The number of carbonyl (C=O) groups excluding carboxylic acids is 1. The number of ether oxygens (including phenoxy) is 2. The maximum Gasteiger partial charge on any atom is 0.378 e. The molecule has 0 atom stereocenters. The highest BCUT2D eigenvalue weighted by Crippen LogP contribution is 2.27. The average Bonchev–Trinajstić information content (AvgIpc) is 3.18. The fraction of sp³-hybridized carbons (Fsp3) is 0.391. The second-order valence-electron chi connectivity index (χ2n) is 8.25. The van der Waals surface area contributed by atoms with E-state index in [-0.39, 0.29) is 40.7 Å². The lowest BCUT2D eigenvalue weighted by Gasteiger charge is -2.19. The Labute approximate surface area is 193 Å². The molecule has 0 saturated heterocycles. The van der Waals surface area contributed by atoms with Gasteiger partial charge in [-0.05, 0) is 38.8 Å². The number of aromatic nitrogens is 2. The molecule has 0 aliphatic heterocycles. The van der Waals surface area contributed by atoms with Crippen LogP contribution in [0.15, 0.2) is 33.7 Å². The number of carbonyl (C=O) groups is 1. The number of rotatable bonds is 8. The number of hydrogen-bond donors (Lipinski definition) is 0. The first-order valence-corrected chi connectivity index (χ1v) is 11.2. The first-order chi connectivity index (χ1) is 15.6. The van der Waals surface area contributed by atoms with E-state index in [1.54, 1.807) is 20.8 Å². The molecule has 0 amide bonds. The molecule has 2 aromatic heterocycles. The van der Waals surface area contributed by atoms with Crippen molar-refractivity contribution in [1.82, 2.24) is 10.2 Å². The van der Waals surface area contributed by atoms with Gasteiger partial charge in [0.1, 0.15) is 28.5 Å². The summed E-state index contributed by atoms with van der Waals surface area (Å²) < 4.78 is 43.5. The summed E-state index contributed by atoms with van der Waals surface area (Å²) in [6, 6.07) is 3.28. The molecule has 0 N–H and O–H groups in total. The molecular weight excluding hydrogens is 454 g/mol. The molecule has 0 saturated carbocycles. The smallest absolute Gasteiger partial charge is 0.378 e. The third kappa shape index (κ3) is 6.22. The minimum absolute atomic E-state index is 0.0529. The Kier molecular flexibility index (Phi) is 7.57. The van der Waals surface area contributed by atoms with Gasteiger partial charge in [-0.2, -0.15) is 0 Å². The van der Waals surface area contributed by atoms with E-state index in [4.69, 9.17) is 13.9 Å². The molecule has 0 spiro atoms. The van der Waals surface area contributed by atoms with Gasteiger partial charge < -0.3 is 13.9 Å². The normalized spacial score (nSPS) is 11.5. The van der Waals surface area contributed by atoms with Crippen molar-refractivity contribution in [3.8, 4) is 16.3 Å². The Morgan fingerprint density at radius 3 is 2.64 bits per heavy atom. The van der Waals surface area contributed by atoms with Crippen molar-refractivity contribution in [3.05, 3.63) is 62.7 Å². The lowest BCUT2D eigenvalue weighted by Crippen LogP contribution is -2.25. The predicted molar refractivity (Wildman–Crippen MR) is 119 cm³/mol. The maximum absolute atomic E-state index is 14.0. The molecule has 176 valence electrons. The SMILES string of the molecule is CCCCOc1c(C(=O)OC(C)(C)C)occ(-c2nnc(Cc3ccc(F)cc3F)s2)c1=O. The Balaban J connectivity index is 1.94. The number of benzene rings is 1. The summed E-state index contributed by atoms with van der Waals surface area (Å²) in [5, 5.41) is 8.64. The van der Waals surface area contributed by atoms with Crippen molar-refractivity contribution in [2.75, 3.05) is 6.61 Å². The van der Waals surface area contributed by atoms with Gasteiger partial charge in [-0.25, -0.2) is 13.6 Å². The van der Waals surface area contributed by atoms with Gasteiger partial charge in [0.2, 0.25) is 11.2 Å². The summed E-state index contributed by atoms with van der Waals surface area (Å²) in [7, 11) is 0. The standard InChI is InChI=1S/C23H24F2N2O5S/c1-5-6-9-30-19-18(28)15(12-31-20(19)22(29)32-23(2,3)4)21-27-26-17(33-21)10-13-7-8-14(24)11-16(13)25/h7-8,11-12H,5-6,9-10H2,1-4H3. The van der Waals surface area contributed by atoms with Gasteiger partial charge in [0.05, 0.1) is 12.2 Å². The molecular formula is C23H24F2N2O5S. The third-order valence-corrected chi connectivity index (χ3v) is 5.29. The highest BCUT2D eigenvalue weighted by Gasteiger charge is 2.28. The molecule has 0 aliphatic rings. The zero-order chi connectivity index (χ0) is 24.2. The van der Waals surface area contributed by atoms with Crippen LogP contribution >= 0.6 is 11.3 Å². The molecule has 3 aromatic rings. The lowest BCUT2D eigenvalue weighted by atomic mass is 10.1. The van der Waals surface area contributed by atoms with Crippen LogP contribution in [-0.2, 0) is 11.2 Å². The van der Waals surface area contributed by atoms with Gasteiger partial charge in [-0.3, -0.25) is 4.79 Å². The van der Waals surface area contributed by atoms with Crippen LogP contribution in [0.4, 0.5) is 8.78 Å². The number of hydrogen-bond acceptors (Lipinski definition) is 8. The molecule has 2 heterocycles. The molecule has 0 fully saturated rings. The Morgan fingerprint density at radius 1 is 1.21 bits per heavy atom. The zero-order valence-electron chi connectivity index (χ0n) is 18.7. The van der Waals surface area contributed by atoms with Gasteiger partial charge in [-0.15, -0.1) is 10.2 Å². The van der Waals surface area contributed by atoms with Gasteiger partial charge in [0.15, 0.2) is 5.01 Å². The predicted octanol–water partition coefficient (Wildman–Crippen LogP) is 5.16. The van der Waals surface area contributed by atoms with E-state index in [9.17, 15) is 18.4 Å². The fourth-order valence-electron chi connectivity index (χ4n) is 2.77. The van der Waals surface area contributed by atoms with Gasteiger partial charge in [0, 0.05) is 12.5 Å². The van der Waals surface area contributed by atoms with Crippen LogP contribution in [0.1, 0.15) is 61.7 Å². The molecule has 33 heavy (non-hydrogen) atoms. The van der Waals surface area contributed by atoms with Crippen LogP contribution in [0.3, 0.4) is 0 Å². The van der Waals surface area contributed by atoms with E-state index in [1.807, 2.05) is 6.92 Å². The first-order valence-electron chi connectivity index (χ1n) is 10.4. The second-order valence-corrected chi connectivity index (χ2v) is 9.32. The summed E-state index contributed by atoms with van der Waals surface area (Å²) in [5.74, 6) is -2.76. The quantitative estimate of drug-likeness (QED) is 0.326. The maximum atomic E-state index is 14.0. The minimum Gasteiger partial charge on any atom is -0.486 e. The van der Waals surface area contributed by atoms with E-state index in [2.05, 4.69) is 10.2 Å². The summed E-state index contributed by atoms with van der Waals surface area (Å²) in [6.07, 6.45) is 2.68. The van der Waals surface area contributed by atoms with Crippen LogP contribution in [0.5, 0.6) is 5.75 Å². The van der Waals surface area contributed by atoms with Gasteiger partial charge in [0.25, 0.3) is 5.76 Å². The first kappa shape index (κ1) is 24.5. The lowest BCUT2D eigenvalue weighted by molar-refractivity contribution is 0.00273. The third-order valence-electron chi connectivity index (χ3n) is 4.33. The molecule has 0 unspecified atom stereocenters. The number of unbranched alkanes of at least 4 members (excludes halogenated alkanes) is 1.